The molecule has 1 spiro atoms. The molecule has 0 aliphatic carbocycles. The molecule has 2 fully saturated rings. The maximum Gasteiger partial charge on any atom is 0.243 e. The number of guanidine groups is 1. The van der Waals surface area contributed by atoms with Crippen LogP contribution < -0.4 is 5.32 Å². The van der Waals surface area contributed by atoms with Gasteiger partial charge in [-0.15, -0.1) is 35.3 Å². The number of amides is 1. The Morgan fingerprint density at radius 2 is 2.15 bits per heavy atom. The van der Waals surface area contributed by atoms with E-state index in [9.17, 15) is 4.79 Å². The Kier molecular flexibility index (Phi) is 8.15. The van der Waals surface area contributed by atoms with E-state index in [1.165, 1.54) is 11.3 Å². The molecular formula is C18H29IN4O2S. The number of nitrogens with zero attached hydrogens (tertiary/aromatic N) is 3. The normalized spacial score (nSPS) is 19.3. The van der Waals surface area contributed by atoms with Gasteiger partial charge in [-0.3, -0.25) is 4.79 Å². The van der Waals surface area contributed by atoms with Gasteiger partial charge in [0.1, 0.15) is 6.54 Å². The van der Waals surface area contributed by atoms with Crippen molar-refractivity contribution in [1.82, 2.24) is 15.1 Å². The standard InChI is InChI=1S/C18H28N4O2S.HI/c1-21(2)16(23)13-20-17(19-12-15-4-3-11-25-15)22-8-5-18(14-22)6-9-24-10-7-18;/h3-4,11H,5-10,12-14H2,1-2H3,(H,19,20);1H. The molecule has 146 valence electrons. The highest BCUT2D eigenvalue weighted by Gasteiger charge is 2.40. The lowest BCUT2D eigenvalue weighted by molar-refractivity contribution is -0.127. The second-order valence-corrected chi connectivity index (χ2v) is 8.18. The highest BCUT2D eigenvalue weighted by Crippen LogP contribution is 2.39. The van der Waals surface area contributed by atoms with Crippen LogP contribution in [-0.4, -0.2) is 68.6 Å². The van der Waals surface area contributed by atoms with Crippen LogP contribution in [0.3, 0.4) is 0 Å². The molecule has 26 heavy (non-hydrogen) atoms. The Morgan fingerprint density at radius 3 is 2.81 bits per heavy atom. The summed E-state index contributed by atoms with van der Waals surface area (Å²) < 4.78 is 5.54. The molecule has 2 saturated heterocycles. The van der Waals surface area contributed by atoms with E-state index < -0.39 is 0 Å². The maximum atomic E-state index is 11.9. The van der Waals surface area contributed by atoms with Crippen LogP contribution in [0.4, 0.5) is 0 Å². The number of carbonyl (C=O) groups is 1. The summed E-state index contributed by atoms with van der Waals surface area (Å²) >= 11 is 1.73. The molecule has 0 aromatic carbocycles. The third-order valence-electron chi connectivity index (χ3n) is 5.16. The first-order valence-electron chi connectivity index (χ1n) is 8.92. The number of rotatable bonds is 4. The van der Waals surface area contributed by atoms with Gasteiger partial charge in [0.2, 0.25) is 5.91 Å². The van der Waals surface area contributed by atoms with E-state index in [0.29, 0.717) is 5.41 Å². The van der Waals surface area contributed by atoms with Gasteiger partial charge >= 0.3 is 0 Å². The molecule has 2 aliphatic rings. The zero-order valence-corrected chi connectivity index (χ0v) is 18.7. The molecule has 6 nitrogen and oxygen atoms in total. The van der Waals surface area contributed by atoms with E-state index in [-0.39, 0.29) is 36.4 Å². The fourth-order valence-electron chi connectivity index (χ4n) is 3.46. The molecule has 3 heterocycles. The molecule has 1 amide bonds. The van der Waals surface area contributed by atoms with Crippen LogP contribution >= 0.6 is 35.3 Å². The second-order valence-electron chi connectivity index (χ2n) is 7.14. The predicted octanol–water partition coefficient (Wildman–Crippen LogP) is 2.40. The predicted molar refractivity (Wildman–Crippen MR) is 116 cm³/mol. The van der Waals surface area contributed by atoms with Crippen molar-refractivity contribution in [2.24, 2.45) is 10.4 Å². The largest absolute Gasteiger partial charge is 0.381 e. The zero-order valence-electron chi connectivity index (χ0n) is 15.6. The summed E-state index contributed by atoms with van der Waals surface area (Å²) in [6, 6.07) is 4.17. The molecule has 0 unspecified atom stereocenters. The number of hydrogen-bond acceptors (Lipinski definition) is 4. The van der Waals surface area contributed by atoms with Gasteiger partial charge < -0.3 is 19.9 Å². The average Bonchev–Trinajstić information content (AvgIpc) is 3.26. The smallest absolute Gasteiger partial charge is 0.243 e. The van der Waals surface area contributed by atoms with Gasteiger partial charge in [0, 0.05) is 45.3 Å². The number of nitrogens with one attached hydrogen (secondary N) is 1. The number of thiophene rings is 1. The lowest BCUT2D eigenvalue weighted by Gasteiger charge is -2.33. The molecule has 1 aromatic heterocycles. The van der Waals surface area contributed by atoms with Gasteiger partial charge in [-0.25, -0.2) is 4.99 Å². The third-order valence-corrected chi connectivity index (χ3v) is 6.03. The Bertz CT molecular complexity index is 600. The number of carbonyl (C=O) groups excluding carboxylic acids is 1. The van der Waals surface area contributed by atoms with Crippen LogP contribution in [0.25, 0.3) is 0 Å². The van der Waals surface area contributed by atoms with Crippen molar-refractivity contribution in [2.75, 3.05) is 46.9 Å². The molecule has 0 bridgehead atoms. The van der Waals surface area contributed by atoms with Gasteiger partial charge in [0.25, 0.3) is 0 Å². The van der Waals surface area contributed by atoms with Crippen LogP contribution in [0.15, 0.2) is 22.5 Å². The van der Waals surface area contributed by atoms with E-state index in [2.05, 4.69) is 32.7 Å². The van der Waals surface area contributed by atoms with Crippen molar-refractivity contribution >= 4 is 47.2 Å². The molecule has 3 rings (SSSR count). The maximum absolute atomic E-state index is 11.9. The lowest BCUT2D eigenvalue weighted by Crippen LogP contribution is -2.42. The van der Waals surface area contributed by atoms with Crippen molar-refractivity contribution in [3.8, 4) is 0 Å². The summed E-state index contributed by atoms with van der Waals surface area (Å²) in [7, 11) is 3.53. The fourth-order valence-corrected chi connectivity index (χ4v) is 4.10. The number of hydrogen-bond donors (Lipinski definition) is 1. The minimum atomic E-state index is 0. The Morgan fingerprint density at radius 1 is 1.38 bits per heavy atom. The second kappa shape index (κ2) is 9.89. The molecule has 0 radical (unpaired) electrons. The van der Waals surface area contributed by atoms with Crippen LogP contribution in [-0.2, 0) is 16.1 Å². The van der Waals surface area contributed by atoms with E-state index in [1.54, 1.807) is 30.3 Å². The number of likely N-dealkylation sites (N-methyl/N-ethyl adjacent to an activating group) is 1. The van der Waals surface area contributed by atoms with Crippen molar-refractivity contribution < 1.29 is 9.53 Å². The monoisotopic (exact) mass is 492 g/mol. The van der Waals surface area contributed by atoms with E-state index in [0.717, 1.165) is 51.6 Å². The number of likely N-dealkylation sites (tertiary alicyclic amines) is 1. The lowest BCUT2D eigenvalue weighted by atomic mass is 9.80. The molecule has 0 saturated carbocycles. The molecule has 8 heteroatoms. The van der Waals surface area contributed by atoms with Crippen LogP contribution in [0.5, 0.6) is 0 Å². The van der Waals surface area contributed by atoms with Crippen molar-refractivity contribution in [1.29, 1.82) is 0 Å². The fraction of sp³-hybridized carbons (Fsp3) is 0.667. The van der Waals surface area contributed by atoms with Gasteiger partial charge in [0.05, 0.1) is 6.54 Å². The third kappa shape index (κ3) is 5.56. The first-order chi connectivity index (χ1) is 12.1. The van der Waals surface area contributed by atoms with E-state index >= 15 is 0 Å². The van der Waals surface area contributed by atoms with Gasteiger partial charge in [-0.2, -0.15) is 0 Å². The minimum Gasteiger partial charge on any atom is -0.381 e. The topological polar surface area (TPSA) is 57.2 Å². The summed E-state index contributed by atoms with van der Waals surface area (Å²) in [5.41, 5.74) is 0.356. The Labute approximate surface area is 177 Å². The first-order valence-corrected chi connectivity index (χ1v) is 9.80. The molecular weight excluding hydrogens is 463 g/mol. The first kappa shape index (κ1) is 21.4. The quantitative estimate of drug-likeness (QED) is 0.399. The number of halogens is 1. The van der Waals surface area contributed by atoms with Crippen LogP contribution in [0.2, 0.25) is 0 Å². The summed E-state index contributed by atoms with van der Waals surface area (Å²) in [6.45, 7) is 4.66. The number of aliphatic imine (C=N–C) groups is 1. The number of ether oxygens (including phenoxy) is 1. The zero-order chi connectivity index (χ0) is 17.7. The Hall–Kier alpha value is -0.870. The van der Waals surface area contributed by atoms with Crippen LogP contribution in [0.1, 0.15) is 24.1 Å². The van der Waals surface area contributed by atoms with E-state index in [1.807, 2.05) is 0 Å². The van der Waals surface area contributed by atoms with Gasteiger partial charge in [-0.05, 0) is 36.1 Å². The Balaban J connectivity index is 0.00000243. The highest BCUT2D eigenvalue weighted by molar-refractivity contribution is 14.0. The molecule has 1 N–H and O–H groups in total. The molecule has 0 atom stereocenters. The van der Waals surface area contributed by atoms with Gasteiger partial charge in [0.15, 0.2) is 5.96 Å². The van der Waals surface area contributed by atoms with E-state index in [4.69, 9.17) is 4.74 Å². The van der Waals surface area contributed by atoms with Crippen molar-refractivity contribution in [3.63, 3.8) is 0 Å². The SMILES string of the molecule is CN(C)C(=O)CN=C(NCc1cccs1)N1CCC2(CCOCC2)C1.I. The molecule has 2 aliphatic heterocycles. The minimum absolute atomic E-state index is 0. The summed E-state index contributed by atoms with van der Waals surface area (Å²) in [5, 5.41) is 5.54. The van der Waals surface area contributed by atoms with Gasteiger partial charge in [-0.1, -0.05) is 6.07 Å². The van der Waals surface area contributed by atoms with Crippen molar-refractivity contribution in [3.05, 3.63) is 22.4 Å². The summed E-state index contributed by atoms with van der Waals surface area (Å²) in [6.07, 6.45) is 3.42. The highest BCUT2D eigenvalue weighted by atomic mass is 127. The average molecular weight is 492 g/mol. The van der Waals surface area contributed by atoms with Crippen LogP contribution in [0, 0.1) is 5.41 Å². The summed E-state index contributed by atoms with van der Waals surface area (Å²) in [5.74, 6) is 0.877. The summed E-state index contributed by atoms with van der Waals surface area (Å²) in [4.78, 5) is 21.7. The molecule has 1 aromatic rings. The van der Waals surface area contributed by atoms with Crippen molar-refractivity contribution in [2.45, 2.75) is 25.8 Å².